The highest BCUT2D eigenvalue weighted by Gasteiger charge is 2.56. The molecule has 236 valence electrons. The Morgan fingerprint density at radius 3 is 2.40 bits per heavy atom. The zero-order chi connectivity index (χ0) is 31.7. The molecule has 2 fully saturated rings. The minimum absolute atomic E-state index is 0.0541. The van der Waals surface area contributed by atoms with Gasteiger partial charge in [0.1, 0.15) is 5.75 Å². The summed E-state index contributed by atoms with van der Waals surface area (Å²) in [6.07, 6.45) is 9.09. The van der Waals surface area contributed by atoms with Crippen LogP contribution >= 0.6 is 0 Å². The number of allylic oxidation sites excluding steroid dienone is 2. The summed E-state index contributed by atoms with van der Waals surface area (Å²) in [5.41, 5.74) is 4.38. The molecule has 1 aliphatic heterocycles. The fraction of sp³-hybridized carbons (Fsp3) is 0.447. The summed E-state index contributed by atoms with van der Waals surface area (Å²) in [4.78, 5) is 33.8. The zero-order valence-corrected chi connectivity index (χ0v) is 26.2. The summed E-state index contributed by atoms with van der Waals surface area (Å²) in [5.74, 6) is -1.68. The number of rotatable bonds is 9. The summed E-state index contributed by atoms with van der Waals surface area (Å²) >= 11 is 0. The molecule has 0 unspecified atom stereocenters. The number of hydrogen-bond donors (Lipinski definition) is 3. The second-order valence-corrected chi connectivity index (χ2v) is 13.3. The number of carbonyl (C=O) groups excluding carboxylic acids is 2. The maximum atomic E-state index is 13.9. The predicted molar refractivity (Wildman–Crippen MR) is 176 cm³/mol. The van der Waals surface area contributed by atoms with E-state index < -0.39 is 23.9 Å². The lowest BCUT2D eigenvalue weighted by molar-refractivity contribution is -0.143. The Labute approximate surface area is 265 Å². The lowest BCUT2D eigenvalue weighted by atomic mass is 9.66. The minimum Gasteiger partial charge on any atom is -0.507 e. The van der Waals surface area contributed by atoms with Gasteiger partial charge in [0, 0.05) is 23.5 Å². The molecular formula is C38H44N2O5. The van der Waals surface area contributed by atoms with Crippen molar-refractivity contribution in [2.45, 2.75) is 77.4 Å². The molecule has 0 bridgehead atoms. The predicted octanol–water partition coefficient (Wildman–Crippen LogP) is 6.52. The van der Waals surface area contributed by atoms with Gasteiger partial charge in [-0.3, -0.25) is 19.5 Å². The first kappa shape index (κ1) is 31.2. The number of hydrogen-bond acceptors (Lipinski definition) is 6. The van der Waals surface area contributed by atoms with Gasteiger partial charge in [0.15, 0.2) is 0 Å². The van der Waals surface area contributed by atoms with Gasteiger partial charge in [-0.25, -0.2) is 0 Å². The highest BCUT2D eigenvalue weighted by Crippen LogP contribution is 2.49. The molecule has 3 aromatic rings. The molecule has 3 N–H and O–H groups in total. The van der Waals surface area contributed by atoms with E-state index in [0.717, 1.165) is 70.9 Å². The topological polar surface area (TPSA) is 111 Å². The fourth-order valence-electron chi connectivity index (χ4n) is 8.06. The molecular weight excluding hydrogens is 564 g/mol. The maximum Gasteiger partial charge on any atom is 0.234 e. The highest BCUT2D eigenvalue weighted by atomic mass is 16.3. The molecule has 2 amide bonds. The van der Waals surface area contributed by atoms with E-state index in [9.17, 15) is 24.9 Å². The Hall–Kier alpha value is -3.81. The van der Waals surface area contributed by atoms with Crippen molar-refractivity contribution in [3.05, 3.63) is 83.2 Å². The van der Waals surface area contributed by atoms with Crippen molar-refractivity contribution in [3.8, 4) is 5.75 Å². The second-order valence-electron chi connectivity index (χ2n) is 13.3. The minimum atomic E-state index is -0.893. The van der Waals surface area contributed by atoms with Crippen LogP contribution in [0.5, 0.6) is 5.75 Å². The van der Waals surface area contributed by atoms with Crippen molar-refractivity contribution in [1.29, 1.82) is 0 Å². The Bertz CT molecular complexity index is 1620. The molecule has 0 radical (unpaired) electrons. The Morgan fingerprint density at radius 1 is 0.978 bits per heavy atom. The van der Waals surface area contributed by atoms with Crippen molar-refractivity contribution in [1.82, 2.24) is 9.88 Å². The molecule has 2 aromatic carbocycles. The van der Waals surface area contributed by atoms with Crippen LogP contribution < -0.4 is 0 Å². The van der Waals surface area contributed by atoms with E-state index in [1.807, 2.05) is 48.5 Å². The molecule has 3 aliphatic rings. The van der Waals surface area contributed by atoms with Crippen LogP contribution in [0.4, 0.5) is 0 Å². The number of aliphatic hydroxyl groups is 2. The average molecular weight is 609 g/mol. The smallest absolute Gasteiger partial charge is 0.234 e. The standard InChI is InChI=1S/C38H44N2O5/c1-23(2)29-21-30-36(38(45)40(37(30)44)26-10-4-3-5-11-26)31(22-41)35(29)34(43)18-16-25(32-14-8-9-19-39-32)20-24-15-17-33(42)28-13-7-6-12-27(24)28/h6-9,12-15,17,19-20,23,26,30-31,34,36,41-43H,3-5,10-11,16,18,21-22H2,1-2H3/b25-20-/t30-,31+,34-,36-/m1/s1. The number of phenols is 1. The van der Waals surface area contributed by atoms with Gasteiger partial charge >= 0.3 is 0 Å². The molecule has 2 aliphatic carbocycles. The SMILES string of the molecule is CC(C)C1=C([C@H](O)CC/C(=C/c2ccc(O)c3ccccc23)c2ccccn2)[C@H](CO)[C@@H]2C(=O)N(C3CCCCC3)C(=O)[C@@H]2C1. The number of nitrogens with zero attached hydrogens (tertiary/aromatic N) is 2. The summed E-state index contributed by atoms with van der Waals surface area (Å²) in [6, 6.07) is 17.0. The third-order valence-corrected chi connectivity index (χ3v) is 10.3. The van der Waals surface area contributed by atoms with Gasteiger partial charge in [0.2, 0.25) is 11.8 Å². The molecule has 45 heavy (non-hydrogen) atoms. The van der Waals surface area contributed by atoms with Gasteiger partial charge in [0.05, 0.1) is 30.2 Å². The van der Waals surface area contributed by atoms with Gasteiger partial charge in [-0.15, -0.1) is 0 Å². The molecule has 4 atom stereocenters. The van der Waals surface area contributed by atoms with Gasteiger partial charge in [0.25, 0.3) is 0 Å². The van der Waals surface area contributed by atoms with Crippen LogP contribution in [0.1, 0.15) is 76.5 Å². The largest absolute Gasteiger partial charge is 0.507 e. The van der Waals surface area contributed by atoms with Crippen LogP contribution in [0.3, 0.4) is 0 Å². The number of fused-ring (bicyclic) bond motifs is 2. The van der Waals surface area contributed by atoms with E-state index >= 15 is 0 Å². The molecule has 1 aromatic heterocycles. The maximum absolute atomic E-state index is 13.9. The van der Waals surface area contributed by atoms with Gasteiger partial charge in [-0.2, -0.15) is 0 Å². The lowest BCUT2D eigenvalue weighted by Crippen LogP contribution is -2.42. The van der Waals surface area contributed by atoms with Crippen molar-refractivity contribution >= 4 is 34.2 Å². The molecule has 1 saturated heterocycles. The number of aliphatic hydroxyl groups excluding tert-OH is 2. The molecule has 7 nitrogen and oxygen atoms in total. The normalized spacial score (nSPS) is 23.7. The van der Waals surface area contributed by atoms with Crippen LogP contribution in [0.15, 0.2) is 71.9 Å². The fourth-order valence-corrected chi connectivity index (χ4v) is 8.06. The molecule has 2 heterocycles. The number of imide groups is 1. The van der Waals surface area contributed by atoms with Crippen molar-refractivity contribution < 1.29 is 24.9 Å². The van der Waals surface area contributed by atoms with Crippen LogP contribution in [0.25, 0.3) is 22.4 Å². The van der Waals surface area contributed by atoms with Crippen molar-refractivity contribution in [2.24, 2.45) is 23.7 Å². The van der Waals surface area contributed by atoms with Crippen LogP contribution in [0.2, 0.25) is 0 Å². The number of phenolic OH excluding ortho intramolecular Hbond substituents is 1. The molecule has 7 heteroatoms. The van der Waals surface area contributed by atoms with E-state index in [0.29, 0.717) is 19.3 Å². The highest BCUT2D eigenvalue weighted by molar-refractivity contribution is 6.06. The zero-order valence-electron chi connectivity index (χ0n) is 26.2. The number of pyridine rings is 1. The number of aromatic nitrogens is 1. The van der Waals surface area contributed by atoms with E-state index in [4.69, 9.17) is 0 Å². The van der Waals surface area contributed by atoms with Crippen molar-refractivity contribution in [3.63, 3.8) is 0 Å². The summed E-state index contributed by atoms with van der Waals surface area (Å²) in [5, 5.41) is 34.8. The number of benzene rings is 2. The first-order valence-electron chi connectivity index (χ1n) is 16.5. The first-order chi connectivity index (χ1) is 21.8. The summed E-state index contributed by atoms with van der Waals surface area (Å²) < 4.78 is 0. The quantitative estimate of drug-likeness (QED) is 0.188. The number of aromatic hydroxyl groups is 1. The third kappa shape index (κ3) is 5.96. The van der Waals surface area contributed by atoms with Gasteiger partial charge in [-0.1, -0.05) is 75.1 Å². The Morgan fingerprint density at radius 2 is 1.71 bits per heavy atom. The van der Waals surface area contributed by atoms with Crippen LogP contribution in [-0.2, 0) is 9.59 Å². The van der Waals surface area contributed by atoms with Crippen LogP contribution in [0, 0.1) is 23.7 Å². The number of amides is 2. The monoisotopic (exact) mass is 608 g/mol. The molecule has 6 rings (SSSR count). The van der Waals surface area contributed by atoms with Gasteiger partial charge in [-0.05, 0) is 84.4 Å². The molecule has 0 spiro atoms. The van der Waals surface area contributed by atoms with Gasteiger partial charge < -0.3 is 15.3 Å². The van der Waals surface area contributed by atoms with Crippen LogP contribution in [-0.4, -0.2) is 55.8 Å². The summed E-state index contributed by atoms with van der Waals surface area (Å²) in [7, 11) is 0. The second kappa shape index (κ2) is 13.3. The van der Waals surface area contributed by atoms with E-state index in [-0.39, 0.29) is 36.1 Å². The third-order valence-electron chi connectivity index (χ3n) is 10.3. The summed E-state index contributed by atoms with van der Waals surface area (Å²) in [6.45, 7) is 3.84. The first-order valence-corrected chi connectivity index (χ1v) is 16.5. The number of likely N-dealkylation sites (tertiary alicyclic amines) is 1. The van der Waals surface area contributed by atoms with Crippen molar-refractivity contribution in [2.75, 3.05) is 6.61 Å². The van der Waals surface area contributed by atoms with E-state index in [1.165, 1.54) is 4.90 Å². The van der Waals surface area contributed by atoms with E-state index in [2.05, 4.69) is 24.9 Å². The Balaban J connectivity index is 1.31. The Kier molecular flexibility index (Phi) is 9.20. The lowest BCUT2D eigenvalue weighted by Gasteiger charge is -2.38. The number of carbonyl (C=O) groups is 2. The van der Waals surface area contributed by atoms with E-state index in [1.54, 1.807) is 12.3 Å². The average Bonchev–Trinajstić information content (AvgIpc) is 3.32. The molecule has 1 saturated carbocycles.